The number of nitrogens with one attached hydrogen (secondary N) is 1. The Hall–Kier alpha value is -2.37. The summed E-state index contributed by atoms with van der Waals surface area (Å²) in [6.07, 6.45) is 3.35. The van der Waals surface area contributed by atoms with Gasteiger partial charge in [0.15, 0.2) is 0 Å². The molecule has 0 spiro atoms. The fraction of sp³-hybridized carbons (Fsp3) is 0.550. The van der Waals surface area contributed by atoms with E-state index in [0.29, 0.717) is 30.5 Å². The van der Waals surface area contributed by atoms with Gasteiger partial charge in [-0.25, -0.2) is 4.98 Å². The molecule has 2 atom stereocenters. The van der Waals surface area contributed by atoms with Crippen LogP contribution < -0.4 is 0 Å². The van der Waals surface area contributed by atoms with E-state index in [1.807, 2.05) is 30.0 Å². The molecule has 3 heterocycles. The molecule has 2 aliphatic heterocycles. The summed E-state index contributed by atoms with van der Waals surface area (Å²) >= 11 is 0. The number of benzene rings is 1. The highest BCUT2D eigenvalue weighted by Crippen LogP contribution is 2.32. The number of likely N-dealkylation sites (tertiary alicyclic amines) is 2. The van der Waals surface area contributed by atoms with E-state index >= 15 is 0 Å². The van der Waals surface area contributed by atoms with Gasteiger partial charge in [-0.3, -0.25) is 9.59 Å². The number of imidazole rings is 1. The van der Waals surface area contributed by atoms with E-state index in [0.717, 1.165) is 49.2 Å². The van der Waals surface area contributed by atoms with Crippen LogP contribution in [0.15, 0.2) is 18.2 Å². The second kappa shape index (κ2) is 6.74. The molecule has 6 nitrogen and oxygen atoms in total. The molecule has 0 unspecified atom stereocenters. The van der Waals surface area contributed by atoms with Crippen LogP contribution in [0.25, 0.3) is 11.0 Å². The van der Waals surface area contributed by atoms with E-state index in [9.17, 15) is 9.59 Å². The number of para-hydroxylation sites is 1. The zero-order valence-corrected chi connectivity index (χ0v) is 15.5. The normalized spacial score (nSPS) is 23.4. The van der Waals surface area contributed by atoms with Gasteiger partial charge in [0.05, 0.1) is 11.1 Å². The van der Waals surface area contributed by atoms with Crippen molar-refractivity contribution in [3.8, 4) is 0 Å². The van der Waals surface area contributed by atoms with Crippen LogP contribution in [0.1, 0.15) is 48.8 Å². The van der Waals surface area contributed by atoms with Gasteiger partial charge in [-0.05, 0) is 44.2 Å². The summed E-state index contributed by atoms with van der Waals surface area (Å²) in [4.78, 5) is 37.1. The van der Waals surface area contributed by atoms with E-state index in [1.165, 1.54) is 0 Å². The molecule has 1 aromatic heterocycles. The average Bonchev–Trinajstić information content (AvgIpc) is 3.03. The molecule has 6 heteroatoms. The minimum atomic E-state index is 0.0551. The molecule has 2 saturated heterocycles. The van der Waals surface area contributed by atoms with Gasteiger partial charge in [0.1, 0.15) is 11.3 Å². The van der Waals surface area contributed by atoms with Gasteiger partial charge in [0.25, 0.3) is 5.91 Å². The number of carbonyl (C=O) groups is 2. The Balaban J connectivity index is 1.55. The highest BCUT2D eigenvalue weighted by molar-refractivity contribution is 6.05. The van der Waals surface area contributed by atoms with Gasteiger partial charge in [0.2, 0.25) is 5.91 Å². The van der Waals surface area contributed by atoms with Crippen molar-refractivity contribution >= 4 is 22.8 Å². The maximum atomic E-state index is 13.2. The zero-order chi connectivity index (χ0) is 18.3. The lowest BCUT2D eigenvalue weighted by atomic mass is 9.83. The first kappa shape index (κ1) is 17.1. The molecule has 0 saturated carbocycles. The summed E-state index contributed by atoms with van der Waals surface area (Å²) in [5, 5.41) is 0. The van der Waals surface area contributed by atoms with Crippen LogP contribution in [0.5, 0.6) is 0 Å². The number of carbonyl (C=O) groups excluding carboxylic acids is 2. The molecule has 1 aromatic carbocycles. The SMILES string of the molecule is CCCN1C(=O)CC[C@@H]2CN(C(=O)c3cccc4[nH]c(C)nc34)CC[C@@H]21. The van der Waals surface area contributed by atoms with Crippen molar-refractivity contribution in [3.05, 3.63) is 29.6 Å². The van der Waals surface area contributed by atoms with E-state index in [2.05, 4.69) is 21.8 Å². The molecule has 0 radical (unpaired) electrons. The van der Waals surface area contributed by atoms with E-state index in [4.69, 9.17) is 0 Å². The number of aryl methyl sites for hydroxylation is 1. The smallest absolute Gasteiger partial charge is 0.256 e. The fourth-order valence-electron chi connectivity index (χ4n) is 4.57. The highest BCUT2D eigenvalue weighted by Gasteiger charge is 2.40. The molecule has 0 aliphatic carbocycles. The third-order valence-electron chi connectivity index (χ3n) is 5.76. The van der Waals surface area contributed by atoms with Crippen LogP contribution in [0.4, 0.5) is 0 Å². The number of amides is 2. The fourth-order valence-corrected chi connectivity index (χ4v) is 4.57. The van der Waals surface area contributed by atoms with Crippen LogP contribution in [-0.4, -0.2) is 57.3 Å². The number of fused-ring (bicyclic) bond motifs is 2. The molecule has 26 heavy (non-hydrogen) atoms. The second-order valence-electron chi connectivity index (χ2n) is 7.52. The predicted octanol–water partition coefficient (Wildman–Crippen LogP) is 2.73. The molecular weight excluding hydrogens is 328 g/mol. The van der Waals surface area contributed by atoms with E-state index in [1.54, 1.807) is 0 Å². The van der Waals surface area contributed by atoms with Crippen LogP contribution >= 0.6 is 0 Å². The number of rotatable bonds is 3. The Labute approximate surface area is 153 Å². The first-order valence-electron chi connectivity index (χ1n) is 9.62. The number of aromatic amines is 1. The third kappa shape index (κ3) is 2.87. The number of aromatic nitrogens is 2. The van der Waals surface area contributed by atoms with Gasteiger partial charge >= 0.3 is 0 Å². The summed E-state index contributed by atoms with van der Waals surface area (Å²) in [7, 11) is 0. The minimum Gasteiger partial charge on any atom is -0.342 e. The Morgan fingerprint density at radius 2 is 2.19 bits per heavy atom. The van der Waals surface area contributed by atoms with E-state index in [-0.39, 0.29) is 11.8 Å². The molecule has 2 fully saturated rings. The summed E-state index contributed by atoms with van der Waals surface area (Å²) in [5.41, 5.74) is 2.33. The Bertz CT molecular complexity index is 843. The number of nitrogens with zero attached hydrogens (tertiary/aromatic N) is 3. The summed E-state index contributed by atoms with van der Waals surface area (Å²) < 4.78 is 0. The molecular formula is C20H26N4O2. The zero-order valence-electron chi connectivity index (χ0n) is 15.5. The lowest BCUT2D eigenvalue weighted by Crippen LogP contribution is -2.57. The first-order chi connectivity index (χ1) is 12.6. The quantitative estimate of drug-likeness (QED) is 0.921. The molecule has 1 N–H and O–H groups in total. The predicted molar refractivity (Wildman–Crippen MR) is 99.9 cm³/mol. The van der Waals surface area contributed by atoms with Crippen molar-refractivity contribution in [2.24, 2.45) is 5.92 Å². The van der Waals surface area contributed by atoms with Crippen molar-refractivity contribution in [1.29, 1.82) is 0 Å². The molecule has 2 aromatic rings. The van der Waals surface area contributed by atoms with Crippen LogP contribution in [-0.2, 0) is 4.79 Å². The molecule has 2 amide bonds. The topological polar surface area (TPSA) is 69.3 Å². The number of hydrogen-bond acceptors (Lipinski definition) is 3. The Kier molecular flexibility index (Phi) is 4.42. The standard InChI is InChI=1S/C20H26N4O2/c1-3-10-24-17-9-11-23(12-14(17)7-8-18(24)25)20(26)15-5-4-6-16-19(15)22-13(2)21-16/h4-6,14,17H,3,7-12H2,1-2H3,(H,21,22)/t14-,17+/m1/s1. The monoisotopic (exact) mass is 354 g/mol. The third-order valence-corrected chi connectivity index (χ3v) is 5.76. The maximum absolute atomic E-state index is 13.2. The summed E-state index contributed by atoms with van der Waals surface area (Å²) in [5.74, 6) is 1.54. The number of H-pyrrole nitrogens is 1. The largest absolute Gasteiger partial charge is 0.342 e. The molecule has 0 bridgehead atoms. The van der Waals surface area contributed by atoms with Gasteiger partial charge in [-0.1, -0.05) is 13.0 Å². The van der Waals surface area contributed by atoms with Gasteiger partial charge in [-0.15, -0.1) is 0 Å². The maximum Gasteiger partial charge on any atom is 0.256 e. The average molecular weight is 354 g/mol. The minimum absolute atomic E-state index is 0.0551. The summed E-state index contributed by atoms with van der Waals surface area (Å²) in [6, 6.07) is 6.02. The van der Waals surface area contributed by atoms with Crippen molar-refractivity contribution in [3.63, 3.8) is 0 Å². The Morgan fingerprint density at radius 1 is 1.35 bits per heavy atom. The van der Waals surface area contributed by atoms with Crippen molar-refractivity contribution in [2.75, 3.05) is 19.6 Å². The lowest BCUT2D eigenvalue weighted by Gasteiger charge is -2.47. The van der Waals surface area contributed by atoms with Crippen molar-refractivity contribution < 1.29 is 9.59 Å². The highest BCUT2D eigenvalue weighted by atomic mass is 16.2. The van der Waals surface area contributed by atoms with Crippen LogP contribution in [0, 0.1) is 12.8 Å². The van der Waals surface area contributed by atoms with Gasteiger partial charge < -0.3 is 14.8 Å². The van der Waals surface area contributed by atoms with Gasteiger partial charge in [0, 0.05) is 32.1 Å². The molecule has 4 rings (SSSR count). The first-order valence-corrected chi connectivity index (χ1v) is 9.62. The van der Waals surface area contributed by atoms with Crippen LogP contribution in [0.2, 0.25) is 0 Å². The number of hydrogen-bond donors (Lipinski definition) is 1. The molecule has 2 aliphatic rings. The van der Waals surface area contributed by atoms with Crippen LogP contribution in [0.3, 0.4) is 0 Å². The van der Waals surface area contributed by atoms with Crippen molar-refractivity contribution in [2.45, 2.75) is 45.6 Å². The lowest BCUT2D eigenvalue weighted by molar-refractivity contribution is -0.140. The summed E-state index contributed by atoms with van der Waals surface area (Å²) in [6.45, 7) is 6.28. The van der Waals surface area contributed by atoms with Crippen molar-refractivity contribution in [1.82, 2.24) is 19.8 Å². The number of piperidine rings is 2. The van der Waals surface area contributed by atoms with E-state index < -0.39 is 0 Å². The second-order valence-corrected chi connectivity index (χ2v) is 7.52. The van der Waals surface area contributed by atoms with Gasteiger partial charge in [-0.2, -0.15) is 0 Å². The molecule has 138 valence electrons. The Morgan fingerprint density at radius 3 is 3.00 bits per heavy atom.